The molecule has 0 saturated carbocycles. The molecule has 1 aromatic rings. The summed E-state index contributed by atoms with van der Waals surface area (Å²) >= 11 is 5.85. The molecule has 1 aromatic carbocycles. The molecule has 0 spiro atoms. The largest absolute Gasteiger partial charge is 0.479 e. The van der Waals surface area contributed by atoms with Gasteiger partial charge in [0.1, 0.15) is 0 Å². The molecule has 0 fully saturated rings. The maximum atomic E-state index is 11.0. The molecule has 0 aliphatic heterocycles. The maximum absolute atomic E-state index is 11.0. The zero-order chi connectivity index (χ0) is 12.8. The van der Waals surface area contributed by atoms with Gasteiger partial charge in [0.05, 0.1) is 6.61 Å². The summed E-state index contributed by atoms with van der Waals surface area (Å²) in [6, 6.07) is 7.17. The Morgan fingerprint density at radius 3 is 2.71 bits per heavy atom. The summed E-state index contributed by atoms with van der Waals surface area (Å²) < 4.78 is 5.37. The van der Waals surface area contributed by atoms with Gasteiger partial charge in [0.25, 0.3) is 0 Å². The van der Waals surface area contributed by atoms with Crippen LogP contribution >= 0.6 is 11.6 Å². The van der Waals surface area contributed by atoms with Gasteiger partial charge in [0.15, 0.2) is 6.10 Å². The molecule has 1 N–H and O–H groups in total. The number of carboxylic acids is 1. The van der Waals surface area contributed by atoms with E-state index in [1.165, 1.54) is 0 Å². The van der Waals surface area contributed by atoms with Crippen LogP contribution in [0.2, 0.25) is 5.02 Å². The lowest BCUT2D eigenvalue weighted by atomic mass is 10.1. The summed E-state index contributed by atoms with van der Waals surface area (Å²) in [6.45, 7) is 4.41. The molecule has 4 heteroatoms. The van der Waals surface area contributed by atoms with Crippen molar-refractivity contribution in [3.63, 3.8) is 0 Å². The van der Waals surface area contributed by atoms with Crippen molar-refractivity contribution in [1.82, 2.24) is 0 Å². The third-order valence-corrected chi connectivity index (χ3v) is 2.45. The van der Waals surface area contributed by atoms with Crippen LogP contribution < -0.4 is 0 Å². The molecule has 0 heterocycles. The monoisotopic (exact) mass is 256 g/mol. The highest BCUT2D eigenvalue weighted by atomic mass is 35.5. The average molecular weight is 257 g/mol. The minimum absolute atomic E-state index is 0.316. The lowest BCUT2D eigenvalue weighted by molar-refractivity contribution is -0.150. The molecule has 0 aromatic heterocycles. The lowest BCUT2D eigenvalue weighted by Crippen LogP contribution is -2.28. The molecule has 1 atom stereocenters. The van der Waals surface area contributed by atoms with Crippen LogP contribution in [0.25, 0.3) is 0 Å². The van der Waals surface area contributed by atoms with Gasteiger partial charge in [-0.25, -0.2) is 4.79 Å². The zero-order valence-electron chi connectivity index (χ0n) is 10.0. The Bertz CT molecular complexity index is 377. The number of aliphatic carboxylic acids is 1. The fraction of sp³-hybridized carbons (Fsp3) is 0.462. The molecule has 0 unspecified atom stereocenters. The molecule has 0 amide bonds. The first-order valence-corrected chi connectivity index (χ1v) is 5.95. The second-order valence-corrected chi connectivity index (χ2v) is 4.82. The second kappa shape index (κ2) is 6.62. The summed E-state index contributed by atoms with van der Waals surface area (Å²) in [5, 5.41) is 9.67. The van der Waals surface area contributed by atoms with Crippen LogP contribution in [-0.4, -0.2) is 23.8 Å². The first kappa shape index (κ1) is 14.0. The lowest BCUT2D eigenvalue weighted by Gasteiger charge is -2.15. The number of halogens is 1. The number of carbonyl (C=O) groups is 1. The molecule has 0 aliphatic rings. The van der Waals surface area contributed by atoms with Gasteiger partial charge in [0, 0.05) is 11.4 Å². The Balaban J connectivity index is 2.63. The summed E-state index contributed by atoms with van der Waals surface area (Å²) in [4.78, 5) is 11.0. The van der Waals surface area contributed by atoms with Crippen molar-refractivity contribution in [2.75, 3.05) is 6.61 Å². The van der Waals surface area contributed by atoms with E-state index in [0.29, 0.717) is 24.0 Å². The Morgan fingerprint density at radius 2 is 2.18 bits per heavy atom. The van der Waals surface area contributed by atoms with Crippen molar-refractivity contribution in [2.45, 2.75) is 26.4 Å². The van der Waals surface area contributed by atoms with E-state index in [-0.39, 0.29) is 0 Å². The molecule has 94 valence electrons. The molecule has 0 radical (unpaired) electrons. The van der Waals surface area contributed by atoms with Gasteiger partial charge in [0.2, 0.25) is 0 Å². The van der Waals surface area contributed by atoms with Gasteiger partial charge in [-0.15, -0.1) is 0 Å². The number of rotatable bonds is 6. The minimum atomic E-state index is -0.939. The molecule has 0 bridgehead atoms. The van der Waals surface area contributed by atoms with E-state index < -0.39 is 12.1 Å². The average Bonchev–Trinajstić information content (AvgIpc) is 2.23. The first-order chi connectivity index (χ1) is 7.99. The molecular formula is C13H17ClO3. The number of hydrogen-bond acceptors (Lipinski definition) is 2. The summed E-state index contributed by atoms with van der Waals surface area (Å²) in [7, 11) is 0. The van der Waals surface area contributed by atoms with E-state index in [1.807, 2.05) is 19.9 Å². The Hall–Kier alpha value is -1.06. The number of carboxylic acid groups (broad SMARTS) is 1. The second-order valence-electron chi connectivity index (χ2n) is 4.39. The summed E-state index contributed by atoms with van der Waals surface area (Å²) in [6.07, 6.45) is -0.473. The zero-order valence-corrected chi connectivity index (χ0v) is 10.8. The van der Waals surface area contributed by atoms with Crippen molar-refractivity contribution in [1.29, 1.82) is 0 Å². The van der Waals surface area contributed by atoms with E-state index >= 15 is 0 Å². The molecule has 1 rings (SSSR count). The normalized spacial score (nSPS) is 12.7. The van der Waals surface area contributed by atoms with E-state index in [2.05, 4.69) is 0 Å². The van der Waals surface area contributed by atoms with E-state index in [0.717, 1.165) is 5.56 Å². The van der Waals surface area contributed by atoms with Gasteiger partial charge in [-0.1, -0.05) is 37.6 Å². The number of hydrogen-bond donors (Lipinski definition) is 1. The van der Waals surface area contributed by atoms with Crippen LogP contribution in [0, 0.1) is 5.92 Å². The predicted octanol–water partition coefficient (Wildman–Crippen LogP) is 3.01. The molecule has 17 heavy (non-hydrogen) atoms. The Morgan fingerprint density at radius 1 is 1.47 bits per heavy atom. The van der Waals surface area contributed by atoms with Crippen LogP contribution in [0.3, 0.4) is 0 Å². The SMILES string of the molecule is CC(C)CO[C@H](Cc1cccc(Cl)c1)C(=O)O. The fourth-order valence-electron chi connectivity index (χ4n) is 1.40. The third-order valence-electron chi connectivity index (χ3n) is 2.22. The van der Waals surface area contributed by atoms with Crippen LogP contribution in [-0.2, 0) is 16.0 Å². The first-order valence-electron chi connectivity index (χ1n) is 5.58. The fourth-order valence-corrected chi connectivity index (χ4v) is 1.62. The van der Waals surface area contributed by atoms with Crippen molar-refractivity contribution in [3.05, 3.63) is 34.9 Å². The van der Waals surface area contributed by atoms with Gasteiger partial charge < -0.3 is 9.84 Å². The Kier molecular flexibility index (Phi) is 5.45. The highest BCUT2D eigenvalue weighted by Gasteiger charge is 2.19. The number of ether oxygens (including phenoxy) is 1. The van der Waals surface area contributed by atoms with Crippen molar-refractivity contribution < 1.29 is 14.6 Å². The van der Waals surface area contributed by atoms with Gasteiger partial charge in [-0.2, -0.15) is 0 Å². The van der Waals surface area contributed by atoms with Crippen molar-refractivity contribution in [3.8, 4) is 0 Å². The summed E-state index contributed by atoms with van der Waals surface area (Å²) in [5.41, 5.74) is 0.869. The minimum Gasteiger partial charge on any atom is -0.479 e. The molecule has 3 nitrogen and oxygen atoms in total. The number of benzene rings is 1. The quantitative estimate of drug-likeness (QED) is 0.851. The molecule has 0 aliphatic carbocycles. The maximum Gasteiger partial charge on any atom is 0.333 e. The Labute approximate surface area is 106 Å². The topological polar surface area (TPSA) is 46.5 Å². The van der Waals surface area contributed by atoms with E-state index in [1.54, 1.807) is 18.2 Å². The summed E-state index contributed by atoms with van der Waals surface area (Å²) in [5.74, 6) is -0.623. The van der Waals surface area contributed by atoms with Gasteiger partial charge in [-0.05, 0) is 23.6 Å². The van der Waals surface area contributed by atoms with Crippen molar-refractivity contribution >= 4 is 17.6 Å². The molecule has 0 saturated heterocycles. The third kappa shape index (κ3) is 5.20. The standard InChI is InChI=1S/C13H17ClO3/c1-9(2)8-17-12(13(15)16)7-10-4-3-5-11(14)6-10/h3-6,9,12H,7-8H2,1-2H3,(H,15,16)/t12-/m1/s1. The molecular weight excluding hydrogens is 240 g/mol. The van der Waals surface area contributed by atoms with Gasteiger partial charge in [-0.3, -0.25) is 0 Å². The van der Waals surface area contributed by atoms with Crippen LogP contribution in [0.4, 0.5) is 0 Å². The predicted molar refractivity (Wildman–Crippen MR) is 67.4 cm³/mol. The highest BCUT2D eigenvalue weighted by Crippen LogP contribution is 2.14. The van der Waals surface area contributed by atoms with Crippen molar-refractivity contribution in [2.24, 2.45) is 5.92 Å². The van der Waals surface area contributed by atoms with Crippen LogP contribution in [0.15, 0.2) is 24.3 Å². The van der Waals surface area contributed by atoms with E-state index in [4.69, 9.17) is 21.4 Å². The smallest absolute Gasteiger partial charge is 0.333 e. The van der Waals surface area contributed by atoms with E-state index in [9.17, 15) is 4.79 Å². The van der Waals surface area contributed by atoms with Crippen LogP contribution in [0.1, 0.15) is 19.4 Å². The highest BCUT2D eigenvalue weighted by molar-refractivity contribution is 6.30. The van der Waals surface area contributed by atoms with Gasteiger partial charge >= 0.3 is 5.97 Å². The van der Waals surface area contributed by atoms with Crippen LogP contribution in [0.5, 0.6) is 0 Å².